The van der Waals surface area contributed by atoms with Crippen LogP contribution in [0, 0.1) is 0 Å². The van der Waals surface area contributed by atoms with E-state index >= 15 is 0 Å². The number of ether oxygens (including phenoxy) is 1. The Labute approximate surface area is 89.8 Å². The van der Waals surface area contributed by atoms with Gasteiger partial charge >= 0.3 is 11.9 Å². The van der Waals surface area contributed by atoms with Gasteiger partial charge in [0, 0.05) is 13.0 Å². The number of esters is 1. The highest BCUT2D eigenvalue weighted by molar-refractivity contribution is 5.69. The minimum atomic E-state index is -0.762. The smallest absolute Gasteiger partial charge is 0.307 e. The quantitative estimate of drug-likeness (QED) is 0.441. The summed E-state index contributed by atoms with van der Waals surface area (Å²) in [6.07, 6.45) is 2.06. The molecule has 0 radical (unpaired) electrons. The number of hydrogen-bond acceptors (Lipinski definition) is 4. The minimum absolute atomic E-state index is 0.199. The predicted octanol–water partition coefficient (Wildman–Crippen LogP) is 0.784. The van der Waals surface area contributed by atoms with Crippen molar-refractivity contribution in [3.63, 3.8) is 0 Å². The monoisotopic (exact) mass is 217 g/mol. The number of nitrogens with one attached hydrogen (secondary N) is 1. The molecule has 2 N–H and O–H groups in total. The molecule has 5 heteroatoms. The molecule has 0 aliphatic rings. The second kappa shape index (κ2) is 9.45. The lowest BCUT2D eigenvalue weighted by atomic mass is 10.2. The zero-order valence-electron chi connectivity index (χ0n) is 9.12. The van der Waals surface area contributed by atoms with Crippen LogP contribution < -0.4 is 5.32 Å². The van der Waals surface area contributed by atoms with Crippen molar-refractivity contribution in [1.29, 1.82) is 0 Å². The lowest BCUT2D eigenvalue weighted by Crippen LogP contribution is -2.20. The van der Waals surface area contributed by atoms with Crippen LogP contribution in [0.3, 0.4) is 0 Å². The molecule has 0 heterocycles. The highest BCUT2D eigenvalue weighted by atomic mass is 16.5. The van der Waals surface area contributed by atoms with Crippen LogP contribution >= 0.6 is 0 Å². The van der Waals surface area contributed by atoms with E-state index in [1.54, 1.807) is 6.92 Å². The molecule has 5 nitrogen and oxygen atoms in total. The van der Waals surface area contributed by atoms with Gasteiger partial charge in [-0.3, -0.25) is 9.59 Å². The lowest BCUT2D eigenvalue weighted by Gasteiger charge is -2.03. The van der Waals surface area contributed by atoms with E-state index in [2.05, 4.69) is 5.32 Å². The Balaban J connectivity index is 3.11. The molecule has 0 saturated heterocycles. The number of unbranched alkanes of at least 4 members (excludes halogenated alkanes) is 1. The second-order valence-corrected chi connectivity index (χ2v) is 3.16. The van der Waals surface area contributed by atoms with Crippen molar-refractivity contribution in [1.82, 2.24) is 5.32 Å². The predicted molar refractivity (Wildman–Crippen MR) is 55.6 cm³/mol. The van der Waals surface area contributed by atoms with E-state index in [-0.39, 0.29) is 12.4 Å². The zero-order chi connectivity index (χ0) is 11.5. The minimum Gasteiger partial charge on any atom is -0.481 e. The molecule has 0 aliphatic carbocycles. The van der Waals surface area contributed by atoms with Gasteiger partial charge in [-0.1, -0.05) is 0 Å². The molecular weight excluding hydrogens is 198 g/mol. The van der Waals surface area contributed by atoms with Gasteiger partial charge in [0.1, 0.15) is 0 Å². The van der Waals surface area contributed by atoms with Gasteiger partial charge < -0.3 is 15.2 Å². The number of carbonyl (C=O) groups excluding carboxylic acids is 1. The summed E-state index contributed by atoms with van der Waals surface area (Å²) in [5.74, 6) is -0.961. The van der Waals surface area contributed by atoms with Crippen molar-refractivity contribution in [3.8, 4) is 0 Å². The third-order valence-corrected chi connectivity index (χ3v) is 1.81. The molecule has 15 heavy (non-hydrogen) atoms. The maximum atomic E-state index is 10.9. The maximum Gasteiger partial charge on any atom is 0.307 e. The van der Waals surface area contributed by atoms with E-state index in [0.717, 1.165) is 13.0 Å². The molecular formula is C10H19NO4. The standard InChI is InChI=1S/C10H19NO4/c1-2-15-10(14)6-8-11-7-4-3-5-9(12)13/h11H,2-8H2,1H3,(H,12,13). The first-order valence-corrected chi connectivity index (χ1v) is 5.25. The van der Waals surface area contributed by atoms with Crippen molar-refractivity contribution in [2.45, 2.75) is 32.6 Å². The molecule has 0 aromatic rings. The number of carboxylic acids is 1. The van der Waals surface area contributed by atoms with Gasteiger partial charge in [-0.15, -0.1) is 0 Å². The van der Waals surface area contributed by atoms with Crippen LogP contribution in [0.5, 0.6) is 0 Å². The van der Waals surface area contributed by atoms with Crippen molar-refractivity contribution < 1.29 is 19.4 Å². The van der Waals surface area contributed by atoms with Crippen LogP contribution in [-0.2, 0) is 14.3 Å². The molecule has 0 atom stereocenters. The molecule has 88 valence electrons. The molecule has 0 aliphatic heterocycles. The summed E-state index contributed by atoms with van der Waals surface area (Å²) in [6, 6.07) is 0. The van der Waals surface area contributed by atoms with E-state index in [4.69, 9.17) is 9.84 Å². The normalized spacial score (nSPS) is 9.93. The largest absolute Gasteiger partial charge is 0.481 e. The maximum absolute atomic E-state index is 10.9. The van der Waals surface area contributed by atoms with Crippen LogP contribution in [0.2, 0.25) is 0 Å². The van der Waals surface area contributed by atoms with Crippen LogP contribution in [0.4, 0.5) is 0 Å². The van der Waals surface area contributed by atoms with E-state index in [1.807, 2.05) is 0 Å². The molecule has 0 fully saturated rings. The fourth-order valence-corrected chi connectivity index (χ4v) is 1.07. The van der Waals surface area contributed by atoms with Gasteiger partial charge in [-0.25, -0.2) is 0 Å². The van der Waals surface area contributed by atoms with E-state index in [1.165, 1.54) is 0 Å². The Morgan fingerprint density at radius 3 is 2.53 bits per heavy atom. The van der Waals surface area contributed by atoms with Crippen LogP contribution in [-0.4, -0.2) is 36.7 Å². The average Bonchev–Trinajstić information content (AvgIpc) is 2.16. The highest BCUT2D eigenvalue weighted by Gasteiger charge is 2.00. The summed E-state index contributed by atoms with van der Waals surface area (Å²) < 4.78 is 4.74. The zero-order valence-corrected chi connectivity index (χ0v) is 9.12. The molecule has 0 aromatic carbocycles. The SMILES string of the molecule is CCOC(=O)CCNCCCCC(=O)O. The summed E-state index contributed by atoms with van der Waals surface area (Å²) in [5.41, 5.74) is 0. The number of carboxylic acid groups (broad SMARTS) is 1. The van der Waals surface area contributed by atoms with Gasteiger partial charge in [0.15, 0.2) is 0 Å². The van der Waals surface area contributed by atoms with Crippen molar-refractivity contribution >= 4 is 11.9 Å². The first kappa shape index (κ1) is 13.9. The molecule has 0 rings (SSSR count). The van der Waals surface area contributed by atoms with E-state index in [9.17, 15) is 9.59 Å². The third-order valence-electron chi connectivity index (χ3n) is 1.81. The topological polar surface area (TPSA) is 75.6 Å². The van der Waals surface area contributed by atoms with Gasteiger partial charge in [-0.2, -0.15) is 0 Å². The first-order chi connectivity index (χ1) is 7.16. The van der Waals surface area contributed by atoms with Crippen LogP contribution in [0.15, 0.2) is 0 Å². The Morgan fingerprint density at radius 2 is 1.93 bits per heavy atom. The number of aliphatic carboxylic acids is 1. The lowest BCUT2D eigenvalue weighted by molar-refractivity contribution is -0.143. The Hall–Kier alpha value is -1.10. The molecule has 0 amide bonds. The van der Waals surface area contributed by atoms with Crippen molar-refractivity contribution in [2.75, 3.05) is 19.7 Å². The van der Waals surface area contributed by atoms with Crippen LogP contribution in [0.25, 0.3) is 0 Å². The number of rotatable bonds is 9. The Morgan fingerprint density at radius 1 is 1.20 bits per heavy atom. The van der Waals surface area contributed by atoms with E-state index < -0.39 is 5.97 Å². The molecule has 0 spiro atoms. The summed E-state index contributed by atoms with van der Waals surface area (Å²) in [7, 11) is 0. The molecule has 0 bridgehead atoms. The third kappa shape index (κ3) is 10.8. The molecule has 0 aromatic heterocycles. The van der Waals surface area contributed by atoms with Crippen LogP contribution in [0.1, 0.15) is 32.6 Å². The number of hydrogen-bond donors (Lipinski definition) is 2. The fraction of sp³-hybridized carbons (Fsp3) is 0.800. The summed E-state index contributed by atoms with van der Waals surface area (Å²) in [6.45, 7) is 3.52. The highest BCUT2D eigenvalue weighted by Crippen LogP contribution is 1.93. The van der Waals surface area contributed by atoms with Gasteiger partial charge in [0.2, 0.25) is 0 Å². The molecule has 0 unspecified atom stereocenters. The Bertz CT molecular complexity index is 194. The van der Waals surface area contributed by atoms with Gasteiger partial charge in [-0.05, 0) is 26.3 Å². The Kier molecular flexibility index (Phi) is 8.76. The van der Waals surface area contributed by atoms with Gasteiger partial charge in [0.05, 0.1) is 13.0 Å². The summed E-state index contributed by atoms with van der Waals surface area (Å²) in [4.78, 5) is 21.0. The van der Waals surface area contributed by atoms with Gasteiger partial charge in [0.25, 0.3) is 0 Å². The van der Waals surface area contributed by atoms with Crippen molar-refractivity contribution in [2.24, 2.45) is 0 Å². The van der Waals surface area contributed by atoms with Crippen molar-refractivity contribution in [3.05, 3.63) is 0 Å². The average molecular weight is 217 g/mol. The summed E-state index contributed by atoms with van der Waals surface area (Å²) >= 11 is 0. The first-order valence-electron chi connectivity index (χ1n) is 5.25. The number of carbonyl (C=O) groups is 2. The molecule has 0 saturated carbocycles. The second-order valence-electron chi connectivity index (χ2n) is 3.16. The summed E-state index contributed by atoms with van der Waals surface area (Å²) in [5, 5.41) is 11.4. The fourth-order valence-electron chi connectivity index (χ4n) is 1.07. The van der Waals surface area contributed by atoms with E-state index in [0.29, 0.717) is 26.0 Å².